The molecule has 4 aromatic rings. The Balaban J connectivity index is 1.50. The fraction of sp³-hybridized carbons (Fsp3) is 0.190. The number of halogens is 1. The number of para-hydroxylation sites is 1. The number of aromatic nitrogens is 2. The lowest BCUT2D eigenvalue weighted by Gasteiger charge is -2.37. The van der Waals surface area contributed by atoms with Crippen LogP contribution in [0.1, 0.15) is 0 Å². The highest BCUT2D eigenvalue weighted by molar-refractivity contribution is 6.31. The lowest BCUT2D eigenvalue weighted by molar-refractivity contribution is 0.649. The smallest absolute Gasteiger partial charge is 0.153 e. The van der Waals surface area contributed by atoms with Crippen LogP contribution < -0.4 is 9.80 Å². The summed E-state index contributed by atoms with van der Waals surface area (Å²) in [6.07, 6.45) is 2.09. The van der Waals surface area contributed by atoms with Crippen LogP contribution in [0, 0.1) is 0 Å². The maximum absolute atomic E-state index is 6.20. The van der Waals surface area contributed by atoms with Gasteiger partial charge in [-0.2, -0.15) is 0 Å². The van der Waals surface area contributed by atoms with E-state index in [0.29, 0.717) is 0 Å². The second-order valence-corrected chi connectivity index (χ2v) is 7.08. The van der Waals surface area contributed by atoms with Crippen molar-refractivity contribution in [1.82, 2.24) is 9.38 Å². The lowest BCUT2D eigenvalue weighted by Crippen LogP contribution is -2.47. The molecule has 0 radical (unpaired) electrons. The average molecular weight is 363 g/mol. The van der Waals surface area contributed by atoms with Crippen LogP contribution in [0.2, 0.25) is 5.02 Å². The van der Waals surface area contributed by atoms with Crippen LogP contribution in [0.3, 0.4) is 0 Å². The van der Waals surface area contributed by atoms with Crippen molar-refractivity contribution >= 4 is 39.7 Å². The summed E-state index contributed by atoms with van der Waals surface area (Å²) < 4.78 is 2.21. The Bertz CT molecular complexity index is 1070. The summed E-state index contributed by atoms with van der Waals surface area (Å²) in [4.78, 5) is 9.78. The van der Waals surface area contributed by atoms with Crippen molar-refractivity contribution in [3.05, 3.63) is 71.9 Å². The summed E-state index contributed by atoms with van der Waals surface area (Å²) in [5.41, 5.74) is 4.45. The van der Waals surface area contributed by atoms with Crippen molar-refractivity contribution in [2.24, 2.45) is 0 Å². The molecule has 130 valence electrons. The molecule has 1 aliphatic heterocycles. The number of rotatable bonds is 2. The highest BCUT2D eigenvalue weighted by atomic mass is 35.5. The van der Waals surface area contributed by atoms with Crippen LogP contribution in [-0.2, 0) is 0 Å². The Morgan fingerprint density at radius 1 is 0.769 bits per heavy atom. The van der Waals surface area contributed by atoms with Crippen LogP contribution in [-0.4, -0.2) is 35.6 Å². The fourth-order valence-corrected chi connectivity index (χ4v) is 3.95. The SMILES string of the molecule is Clc1ccc2c(c1)nc(N1CCN(c3ccccc3)CC1)c1cccn12. The lowest BCUT2D eigenvalue weighted by atomic mass is 10.2. The first-order valence-corrected chi connectivity index (χ1v) is 9.29. The summed E-state index contributed by atoms with van der Waals surface area (Å²) in [7, 11) is 0. The van der Waals surface area contributed by atoms with Crippen molar-refractivity contribution in [3.8, 4) is 0 Å². The minimum absolute atomic E-state index is 0.719. The molecule has 0 unspecified atom stereocenters. The van der Waals surface area contributed by atoms with Gasteiger partial charge in [0.1, 0.15) is 0 Å². The molecule has 0 spiro atoms. The second-order valence-electron chi connectivity index (χ2n) is 6.64. The van der Waals surface area contributed by atoms with E-state index in [9.17, 15) is 0 Å². The van der Waals surface area contributed by atoms with Crippen molar-refractivity contribution in [3.63, 3.8) is 0 Å². The van der Waals surface area contributed by atoms with Gasteiger partial charge in [0.05, 0.1) is 16.6 Å². The zero-order valence-corrected chi connectivity index (χ0v) is 15.1. The molecule has 0 N–H and O–H groups in total. The standard InChI is InChI=1S/C21H19ClN4/c22-16-8-9-19-18(15-16)23-21(20-7-4-10-26(19)20)25-13-11-24(12-14-25)17-5-2-1-3-6-17/h1-10,15H,11-14H2. The van der Waals surface area contributed by atoms with E-state index in [1.54, 1.807) is 0 Å². The Hall–Kier alpha value is -2.72. The largest absolute Gasteiger partial charge is 0.368 e. The maximum atomic E-state index is 6.20. The summed E-state index contributed by atoms with van der Waals surface area (Å²) in [6, 6.07) is 20.7. The molecule has 0 amide bonds. The number of anilines is 2. The fourth-order valence-electron chi connectivity index (χ4n) is 3.78. The molecular weight excluding hydrogens is 344 g/mol. The summed E-state index contributed by atoms with van der Waals surface area (Å²) >= 11 is 6.20. The topological polar surface area (TPSA) is 23.8 Å². The van der Waals surface area contributed by atoms with Crippen LogP contribution in [0.15, 0.2) is 66.9 Å². The van der Waals surface area contributed by atoms with Gasteiger partial charge in [-0.15, -0.1) is 0 Å². The molecule has 1 fully saturated rings. The third-order valence-electron chi connectivity index (χ3n) is 5.10. The van der Waals surface area contributed by atoms with E-state index in [4.69, 9.17) is 16.6 Å². The van der Waals surface area contributed by atoms with Gasteiger partial charge < -0.3 is 14.2 Å². The molecule has 5 heteroatoms. The number of hydrogen-bond acceptors (Lipinski definition) is 3. The van der Waals surface area contributed by atoms with E-state index in [1.807, 2.05) is 18.2 Å². The van der Waals surface area contributed by atoms with Crippen LogP contribution in [0.25, 0.3) is 16.6 Å². The number of hydrogen-bond donors (Lipinski definition) is 0. The highest BCUT2D eigenvalue weighted by Crippen LogP contribution is 2.28. The van der Waals surface area contributed by atoms with Crippen LogP contribution in [0.5, 0.6) is 0 Å². The first kappa shape index (κ1) is 15.5. The number of benzene rings is 2. The van der Waals surface area contributed by atoms with E-state index in [2.05, 4.69) is 62.9 Å². The van der Waals surface area contributed by atoms with E-state index in [1.165, 1.54) is 5.69 Å². The summed E-state index contributed by atoms with van der Waals surface area (Å²) in [6.45, 7) is 3.89. The van der Waals surface area contributed by atoms with E-state index >= 15 is 0 Å². The quantitative estimate of drug-likeness (QED) is 0.525. The highest BCUT2D eigenvalue weighted by Gasteiger charge is 2.21. The molecule has 0 bridgehead atoms. The first-order chi connectivity index (χ1) is 12.8. The number of piperazine rings is 1. The van der Waals surface area contributed by atoms with Crippen molar-refractivity contribution in [1.29, 1.82) is 0 Å². The molecule has 1 saturated heterocycles. The van der Waals surface area contributed by atoms with Gasteiger partial charge >= 0.3 is 0 Å². The Labute approximate surface area is 157 Å². The molecule has 0 saturated carbocycles. The molecule has 2 aromatic heterocycles. The van der Waals surface area contributed by atoms with Crippen molar-refractivity contribution < 1.29 is 0 Å². The summed E-state index contributed by atoms with van der Waals surface area (Å²) in [5, 5.41) is 0.719. The Kier molecular flexibility index (Phi) is 3.71. The predicted molar refractivity (Wildman–Crippen MR) is 109 cm³/mol. The minimum Gasteiger partial charge on any atom is -0.368 e. The molecule has 3 heterocycles. The Morgan fingerprint density at radius 3 is 2.35 bits per heavy atom. The third-order valence-corrected chi connectivity index (χ3v) is 5.34. The monoisotopic (exact) mass is 362 g/mol. The van der Waals surface area contributed by atoms with E-state index in [-0.39, 0.29) is 0 Å². The van der Waals surface area contributed by atoms with Crippen molar-refractivity contribution in [2.45, 2.75) is 0 Å². The van der Waals surface area contributed by atoms with Crippen molar-refractivity contribution in [2.75, 3.05) is 36.0 Å². The zero-order valence-electron chi connectivity index (χ0n) is 14.3. The van der Waals surface area contributed by atoms with Crippen LogP contribution >= 0.6 is 11.6 Å². The number of nitrogens with zero attached hydrogens (tertiary/aromatic N) is 4. The molecule has 4 nitrogen and oxygen atoms in total. The van der Waals surface area contributed by atoms with Crippen LogP contribution in [0.4, 0.5) is 11.5 Å². The Morgan fingerprint density at radius 2 is 1.54 bits per heavy atom. The average Bonchev–Trinajstić information content (AvgIpc) is 3.18. The van der Waals surface area contributed by atoms with E-state index < -0.39 is 0 Å². The second kappa shape index (κ2) is 6.22. The van der Waals surface area contributed by atoms with Gasteiger partial charge in [-0.05, 0) is 42.5 Å². The van der Waals surface area contributed by atoms with Gasteiger partial charge in [-0.3, -0.25) is 0 Å². The molecule has 0 atom stereocenters. The van der Waals surface area contributed by atoms with E-state index in [0.717, 1.165) is 53.6 Å². The predicted octanol–water partition coefficient (Wildman–Crippen LogP) is 4.47. The van der Waals surface area contributed by atoms with Gasteiger partial charge in [0.2, 0.25) is 0 Å². The van der Waals surface area contributed by atoms with Gasteiger partial charge in [-0.1, -0.05) is 29.8 Å². The molecule has 5 rings (SSSR count). The van der Waals surface area contributed by atoms with Gasteiger partial charge in [0, 0.05) is 43.1 Å². The minimum atomic E-state index is 0.719. The molecule has 2 aromatic carbocycles. The molecule has 0 aliphatic carbocycles. The van der Waals surface area contributed by atoms with Gasteiger partial charge in [0.15, 0.2) is 5.82 Å². The van der Waals surface area contributed by atoms with Gasteiger partial charge in [0.25, 0.3) is 0 Å². The molecular formula is C21H19ClN4. The normalized spacial score (nSPS) is 15.1. The maximum Gasteiger partial charge on any atom is 0.153 e. The summed E-state index contributed by atoms with van der Waals surface area (Å²) in [5.74, 6) is 1.04. The molecule has 1 aliphatic rings. The third kappa shape index (κ3) is 2.58. The first-order valence-electron chi connectivity index (χ1n) is 8.91. The zero-order chi connectivity index (χ0) is 17.5. The van der Waals surface area contributed by atoms with Gasteiger partial charge in [-0.25, -0.2) is 4.98 Å². The number of fused-ring (bicyclic) bond motifs is 3. The molecule has 26 heavy (non-hydrogen) atoms.